The third kappa shape index (κ3) is 4.40. The molecule has 0 aliphatic heterocycles. The predicted molar refractivity (Wildman–Crippen MR) is 99.2 cm³/mol. The topological polar surface area (TPSA) is 49.8 Å². The van der Waals surface area contributed by atoms with Gasteiger partial charge in [-0.05, 0) is 59.0 Å². The summed E-state index contributed by atoms with van der Waals surface area (Å²) in [4.78, 5) is 7.65. The fourth-order valence-electron chi connectivity index (χ4n) is 2.10. The molecule has 0 fully saturated rings. The van der Waals surface area contributed by atoms with Crippen molar-refractivity contribution in [3.05, 3.63) is 69.7 Å². The minimum absolute atomic E-state index is 0.0435. The van der Waals surface area contributed by atoms with Gasteiger partial charge in [-0.25, -0.2) is 9.37 Å². The molecule has 3 rings (SSSR count). The standard InChI is InChI=1S/C17H11F4IN4/c18-10-5-7-11(8-6-10)24-16-23-9-12(17(19,20)21)15(26-16)25-14-4-2-1-3-13(14)22/h1-9H,(H2,23,24,25,26). The van der Waals surface area contributed by atoms with E-state index in [9.17, 15) is 17.6 Å². The molecule has 1 heterocycles. The van der Waals surface area contributed by atoms with Gasteiger partial charge in [0, 0.05) is 15.5 Å². The number of hydrogen-bond acceptors (Lipinski definition) is 4. The molecule has 0 aliphatic rings. The lowest BCUT2D eigenvalue weighted by molar-refractivity contribution is -0.137. The van der Waals surface area contributed by atoms with Gasteiger partial charge in [-0.15, -0.1) is 0 Å². The molecule has 0 saturated carbocycles. The lowest BCUT2D eigenvalue weighted by atomic mass is 10.2. The number of rotatable bonds is 4. The van der Waals surface area contributed by atoms with Crippen LogP contribution in [-0.4, -0.2) is 9.97 Å². The van der Waals surface area contributed by atoms with Crippen molar-refractivity contribution < 1.29 is 17.6 Å². The summed E-state index contributed by atoms with van der Waals surface area (Å²) < 4.78 is 53.5. The zero-order chi connectivity index (χ0) is 18.7. The van der Waals surface area contributed by atoms with Gasteiger partial charge in [0.15, 0.2) is 0 Å². The highest BCUT2D eigenvalue weighted by Crippen LogP contribution is 2.36. The van der Waals surface area contributed by atoms with Crippen molar-refractivity contribution in [1.82, 2.24) is 9.97 Å². The van der Waals surface area contributed by atoms with E-state index in [2.05, 4.69) is 20.6 Å². The lowest BCUT2D eigenvalue weighted by Gasteiger charge is -2.15. The summed E-state index contributed by atoms with van der Waals surface area (Å²) >= 11 is 2.01. The quantitative estimate of drug-likeness (QED) is 0.375. The van der Waals surface area contributed by atoms with E-state index in [0.29, 0.717) is 17.6 Å². The van der Waals surface area contributed by atoms with Crippen LogP contribution in [0.1, 0.15) is 5.56 Å². The average molecular weight is 474 g/mol. The molecule has 0 amide bonds. The molecule has 0 radical (unpaired) electrons. The van der Waals surface area contributed by atoms with Crippen molar-refractivity contribution in [3.8, 4) is 0 Å². The third-order valence-corrected chi connectivity index (χ3v) is 4.26. The van der Waals surface area contributed by atoms with E-state index in [1.165, 1.54) is 24.3 Å². The van der Waals surface area contributed by atoms with Crippen LogP contribution in [0.15, 0.2) is 54.7 Å². The van der Waals surface area contributed by atoms with Crippen LogP contribution >= 0.6 is 22.6 Å². The van der Waals surface area contributed by atoms with Gasteiger partial charge < -0.3 is 10.6 Å². The molecule has 1 aromatic heterocycles. The maximum absolute atomic E-state index is 13.3. The van der Waals surface area contributed by atoms with E-state index >= 15 is 0 Å². The maximum Gasteiger partial charge on any atom is 0.421 e. The van der Waals surface area contributed by atoms with Gasteiger partial charge >= 0.3 is 6.18 Å². The number of nitrogens with zero attached hydrogens (tertiary/aromatic N) is 2. The normalized spacial score (nSPS) is 11.3. The predicted octanol–water partition coefficient (Wildman–Crippen LogP) is 5.73. The van der Waals surface area contributed by atoms with Gasteiger partial charge in [0.1, 0.15) is 17.2 Å². The highest BCUT2D eigenvalue weighted by molar-refractivity contribution is 14.1. The van der Waals surface area contributed by atoms with Crippen LogP contribution in [0.3, 0.4) is 0 Å². The number of hydrogen-bond donors (Lipinski definition) is 2. The van der Waals surface area contributed by atoms with Crippen LogP contribution in [0.5, 0.6) is 0 Å². The summed E-state index contributed by atoms with van der Waals surface area (Å²) in [6, 6.07) is 12.2. The molecule has 4 nitrogen and oxygen atoms in total. The number of halogens is 5. The Kier molecular flexibility index (Phi) is 5.25. The van der Waals surface area contributed by atoms with Gasteiger partial charge in [-0.2, -0.15) is 18.2 Å². The summed E-state index contributed by atoms with van der Waals surface area (Å²) in [6.45, 7) is 0. The lowest BCUT2D eigenvalue weighted by Crippen LogP contribution is -2.13. The molecule has 2 N–H and O–H groups in total. The Bertz CT molecular complexity index is 913. The Morgan fingerprint density at radius 3 is 2.27 bits per heavy atom. The molecule has 3 aromatic rings. The largest absolute Gasteiger partial charge is 0.421 e. The maximum atomic E-state index is 13.3. The van der Waals surface area contributed by atoms with E-state index in [4.69, 9.17) is 0 Å². The smallest absolute Gasteiger partial charge is 0.339 e. The number of para-hydroxylation sites is 1. The van der Waals surface area contributed by atoms with Crippen molar-refractivity contribution in [3.63, 3.8) is 0 Å². The molecule has 26 heavy (non-hydrogen) atoms. The van der Waals surface area contributed by atoms with Gasteiger partial charge in [0.25, 0.3) is 0 Å². The molecule has 0 spiro atoms. The Labute approximate surface area is 159 Å². The van der Waals surface area contributed by atoms with Crippen LogP contribution in [-0.2, 0) is 6.18 Å². The summed E-state index contributed by atoms with van der Waals surface area (Å²) in [6.07, 6.45) is -3.91. The van der Waals surface area contributed by atoms with Crippen LogP contribution < -0.4 is 10.6 Å². The first-order valence-corrected chi connectivity index (χ1v) is 8.39. The Morgan fingerprint density at radius 1 is 0.923 bits per heavy atom. The third-order valence-electron chi connectivity index (χ3n) is 3.32. The van der Waals surface area contributed by atoms with Gasteiger partial charge in [-0.1, -0.05) is 12.1 Å². The van der Waals surface area contributed by atoms with Crippen molar-refractivity contribution in [2.75, 3.05) is 10.6 Å². The monoisotopic (exact) mass is 474 g/mol. The van der Waals surface area contributed by atoms with E-state index in [0.717, 1.165) is 3.57 Å². The minimum atomic E-state index is -4.61. The molecule has 0 saturated heterocycles. The highest BCUT2D eigenvalue weighted by atomic mass is 127. The molecule has 0 unspecified atom stereocenters. The first-order valence-electron chi connectivity index (χ1n) is 7.31. The van der Waals surface area contributed by atoms with Crippen LogP contribution in [0.25, 0.3) is 0 Å². The number of alkyl halides is 3. The molecule has 2 aromatic carbocycles. The Morgan fingerprint density at radius 2 is 1.62 bits per heavy atom. The van der Waals surface area contributed by atoms with Crippen LogP contribution in [0.4, 0.5) is 40.7 Å². The van der Waals surface area contributed by atoms with E-state index in [1.54, 1.807) is 24.3 Å². The number of benzene rings is 2. The summed E-state index contributed by atoms with van der Waals surface area (Å²) in [5.41, 5.74) is -0.0433. The summed E-state index contributed by atoms with van der Waals surface area (Å²) in [5.74, 6) is -0.843. The number of nitrogens with one attached hydrogen (secondary N) is 2. The molecule has 0 aliphatic carbocycles. The first kappa shape index (κ1) is 18.4. The molecule has 134 valence electrons. The SMILES string of the molecule is Fc1ccc(Nc2ncc(C(F)(F)F)c(Nc3ccccc3I)n2)cc1. The van der Waals surface area contributed by atoms with Crippen molar-refractivity contribution in [1.29, 1.82) is 0 Å². The second kappa shape index (κ2) is 7.44. The fourth-order valence-corrected chi connectivity index (χ4v) is 2.62. The van der Waals surface area contributed by atoms with Gasteiger partial charge in [0.2, 0.25) is 5.95 Å². The molecular weight excluding hydrogens is 463 g/mol. The molecule has 0 atom stereocenters. The van der Waals surface area contributed by atoms with Crippen molar-refractivity contribution in [2.24, 2.45) is 0 Å². The molecular formula is C17H11F4IN4. The first-order chi connectivity index (χ1) is 12.3. The summed E-state index contributed by atoms with van der Waals surface area (Å²) in [5, 5.41) is 5.46. The van der Waals surface area contributed by atoms with Crippen LogP contribution in [0, 0.1) is 9.39 Å². The molecule has 9 heteroatoms. The molecule has 0 bridgehead atoms. The van der Waals surface area contributed by atoms with Crippen LogP contribution in [0.2, 0.25) is 0 Å². The zero-order valence-corrected chi connectivity index (χ0v) is 15.1. The van der Waals surface area contributed by atoms with Crippen molar-refractivity contribution >= 4 is 45.7 Å². The van der Waals surface area contributed by atoms with E-state index in [-0.39, 0.29) is 11.8 Å². The minimum Gasteiger partial charge on any atom is -0.339 e. The van der Waals surface area contributed by atoms with E-state index < -0.39 is 17.6 Å². The van der Waals surface area contributed by atoms with Crippen molar-refractivity contribution in [2.45, 2.75) is 6.18 Å². The number of aromatic nitrogens is 2. The number of anilines is 4. The second-order valence-corrected chi connectivity index (χ2v) is 6.35. The Balaban J connectivity index is 1.96. The fraction of sp³-hybridized carbons (Fsp3) is 0.0588. The zero-order valence-electron chi connectivity index (χ0n) is 13.0. The average Bonchev–Trinajstić information content (AvgIpc) is 2.58. The highest BCUT2D eigenvalue weighted by Gasteiger charge is 2.35. The van der Waals surface area contributed by atoms with E-state index in [1.807, 2.05) is 22.6 Å². The Hall–Kier alpha value is -2.43. The summed E-state index contributed by atoms with van der Waals surface area (Å²) in [7, 11) is 0. The van der Waals surface area contributed by atoms with Gasteiger partial charge in [-0.3, -0.25) is 0 Å². The second-order valence-electron chi connectivity index (χ2n) is 5.19. The van der Waals surface area contributed by atoms with Gasteiger partial charge in [0.05, 0.1) is 5.69 Å².